The quantitative estimate of drug-likeness (QED) is 0.824. The summed E-state index contributed by atoms with van der Waals surface area (Å²) in [5.41, 5.74) is 1.69. The van der Waals surface area contributed by atoms with E-state index in [9.17, 15) is 4.39 Å². The molecule has 2 nitrogen and oxygen atoms in total. The summed E-state index contributed by atoms with van der Waals surface area (Å²) in [5, 5.41) is 4.08. The van der Waals surface area contributed by atoms with E-state index in [1.165, 1.54) is 12.1 Å². The molecule has 0 saturated heterocycles. The van der Waals surface area contributed by atoms with Gasteiger partial charge < -0.3 is 5.32 Å². The van der Waals surface area contributed by atoms with E-state index in [-0.39, 0.29) is 5.82 Å². The second kappa shape index (κ2) is 5.08. The maximum Gasteiger partial charge on any atom is 0.161 e. The summed E-state index contributed by atoms with van der Waals surface area (Å²) in [7, 11) is 0. The fraction of sp³-hybridized carbons (Fsp3) is 0.462. The molecule has 0 bridgehead atoms. The lowest BCUT2D eigenvalue weighted by atomic mass is 10.1. The van der Waals surface area contributed by atoms with E-state index < -0.39 is 0 Å². The van der Waals surface area contributed by atoms with Gasteiger partial charge >= 0.3 is 0 Å². The molecule has 0 fully saturated rings. The molecule has 92 valence electrons. The fourth-order valence-corrected chi connectivity index (χ4v) is 2.83. The first kappa shape index (κ1) is 12.4. The number of thioether (sulfide) groups is 1. The van der Waals surface area contributed by atoms with Crippen LogP contribution in [0.25, 0.3) is 0 Å². The van der Waals surface area contributed by atoms with Crippen LogP contribution in [0.15, 0.2) is 23.2 Å². The van der Waals surface area contributed by atoms with Crippen molar-refractivity contribution >= 4 is 22.6 Å². The predicted molar refractivity (Wildman–Crippen MR) is 73.3 cm³/mol. The van der Waals surface area contributed by atoms with Gasteiger partial charge in [0, 0.05) is 11.4 Å². The third-order valence-corrected chi connectivity index (χ3v) is 4.09. The van der Waals surface area contributed by atoms with Crippen LogP contribution in [0.1, 0.15) is 19.4 Å². The predicted octanol–water partition coefficient (Wildman–Crippen LogP) is 3.67. The van der Waals surface area contributed by atoms with Crippen LogP contribution < -0.4 is 5.32 Å². The van der Waals surface area contributed by atoms with E-state index in [1.54, 1.807) is 11.8 Å². The van der Waals surface area contributed by atoms with Crippen molar-refractivity contribution < 1.29 is 4.39 Å². The highest BCUT2D eigenvalue weighted by Crippen LogP contribution is 2.24. The Morgan fingerprint density at radius 2 is 2.12 bits per heavy atom. The number of anilines is 1. The molecular weight excluding hydrogens is 235 g/mol. The van der Waals surface area contributed by atoms with Crippen LogP contribution >= 0.6 is 11.8 Å². The Bertz CT molecular complexity index is 425. The first-order valence-electron chi connectivity index (χ1n) is 5.79. The molecule has 2 rings (SSSR count). The van der Waals surface area contributed by atoms with Crippen LogP contribution in [0.2, 0.25) is 0 Å². The third kappa shape index (κ3) is 3.22. The summed E-state index contributed by atoms with van der Waals surface area (Å²) < 4.78 is 13.2. The summed E-state index contributed by atoms with van der Waals surface area (Å²) >= 11 is 1.70. The van der Waals surface area contributed by atoms with Crippen molar-refractivity contribution in [3.63, 3.8) is 0 Å². The number of aryl methyl sites for hydroxylation is 1. The number of amidine groups is 1. The van der Waals surface area contributed by atoms with Crippen LogP contribution in [0.4, 0.5) is 10.1 Å². The summed E-state index contributed by atoms with van der Waals surface area (Å²) in [5.74, 6) is 1.44. The Balaban J connectivity index is 2.13. The van der Waals surface area contributed by atoms with E-state index in [0.717, 1.165) is 22.2 Å². The normalized spacial score (nSPS) is 24.4. The lowest BCUT2D eigenvalue weighted by Gasteiger charge is -2.23. The zero-order chi connectivity index (χ0) is 12.4. The van der Waals surface area contributed by atoms with Crippen molar-refractivity contribution in [3.8, 4) is 0 Å². The Labute approximate surface area is 106 Å². The molecule has 0 saturated carbocycles. The minimum atomic E-state index is -0.213. The van der Waals surface area contributed by atoms with E-state index in [4.69, 9.17) is 0 Å². The monoisotopic (exact) mass is 252 g/mol. The standard InChI is InChI=1S/C13H17FN2S/c1-8-4-11(14)6-12(5-8)16-13-15-10(3)9(2)7-17-13/h4-6,9-10H,7H2,1-3H3,(H,15,16). The molecule has 0 aliphatic carbocycles. The smallest absolute Gasteiger partial charge is 0.161 e. The highest BCUT2D eigenvalue weighted by molar-refractivity contribution is 8.14. The van der Waals surface area contributed by atoms with Gasteiger partial charge in [0.05, 0.1) is 6.04 Å². The average molecular weight is 252 g/mol. The van der Waals surface area contributed by atoms with Gasteiger partial charge in [-0.15, -0.1) is 0 Å². The second-order valence-corrected chi connectivity index (χ2v) is 5.61. The SMILES string of the molecule is Cc1cc(F)cc(NC2=NC(C)C(C)CS2)c1. The Morgan fingerprint density at radius 3 is 2.76 bits per heavy atom. The van der Waals surface area contributed by atoms with Gasteiger partial charge in [-0.1, -0.05) is 18.7 Å². The van der Waals surface area contributed by atoms with Crippen LogP contribution in [-0.4, -0.2) is 17.0 Å². The van der Waals surface area contributed by atoms with Gasteiger partial charge in [0.1, 0.15) is 5.82 Å². The highest BCUT2D eigenvalue weighted by Gasteiger charge is 2.19. The molecule has 1 N–H and O–H groups in total. The minimum Gasteiger partial charge on any atom is -0.335 e. The molecule has 1 aliphatic heterocycles. The van der Waals surface area contributed by atoms with Crippen molar-refractivity contribution in [1.82, 2.24) is 0 Å². The molecule has 2 unspecified atom stereocenters. The largest absolute Gasteiger partial charge is 0.335 e. The Morgan fingerprint density at radius 1 is 1.35 bits per heavy atom. The zero-order valence-corrected chi connectivity index (χ0v) is 11.1. The Hall–Kier alpha value is -1.03. The van der Waals surface area contributed by atoms with Gasteiger partial charge in [0.15, 0.2) is 5.17 Å². The van der Waals surface area contributed by atoms with Gasteiger partial charge in [-0.3, -0.25) is 4.99 Å². The highest BCUT2D eigenvalue weighted by atomic mass is 32.2. The van der Waals surface area contributed by atoms with Gasteiger partial charge in [-0.2, -0.15) is 0 Å². The van der Waals surface area contributed by atoms with E-state index >= 15 is 0 Å². The number of rotatable bonds is 1. The van der Waals surface area contributed by atoms with E-state index in [2.05, 4.69) is 24.2 Å². The third-order valence-electron chi connectivity index (χ3n) is 2.92. The average Bonchev–Trinajstić information content (AvgIpc) is 2.22. The van der Waals surface area contributed by atoms with Crippen molar-refractivity contribution in [2.45, 2.75) is 26.8 Å². The molecule has 17 heavy (non-hydrogen) atoms. The molecule has 4 heteroatoms. The van der Waals surface area contributed by atoms with Gasteiger partial charge in [0.25, 0.3) is 0 Å². The Kier molecular flexibility index (Phi) is 3.72. The van der Waals surface area contributed by atoms with Crippen LogP contribution in [0, 0.1) is 18.7 Å². The number of aliphatic imine (C=N–C) groups is 1. The summed E-state index contributed by atoms with van der Waals surface area (Å²) in [6, 6.07) is 5.27. The van der Waals surface area contributed by atoms with Gasteiger partial charge in [0.2, 0.25) is 0 Å². The maximum absolute atomic E-state index is 13.2. The first-order valence-corrected chi connectivity index (χ1v) is 6.78. The molecule has 1 aliphatic rings. The molecule has 1 heterocycles. The topological polar surface area (TPSA) is 24.4 Å². The zero-order valence-electron chi connectivity index (χ0n) is 10.3. The molecule has 0 amide bonds. The maximum atomic E-state index is 13.2. The number of hydrogen-bond donors (Lipinski definition) is 1. The molecular formula is C13H17FN2S. The van der Waals surface area contributed by atoms with E-state index in [1.807, 2.05) is 13.0 Å². The molecule has 1 aromatic carbocycles. The molecule has 0 aromatic heterocycles. The lowest BCUT2D eigenvalue weighted by Crippen LogP contribution is -2.25. The lowest BCUT2D eigenvalue weighted by molar-refractivity contribution is 0.537. The first-order chi connectivity index (χ1) is 8.04. The van der Waals surface area contributed by atoms with Gasteiger partial charge in [-0.05, 0) is 43.5 Å². The number of nitrogens with zero attached hydrogens (tertiary/aromatic N) is 1. The van der Waals surface area contributed by atoms with Crippen LogP contribution in [0.5, 0.6) is 0 Å². The number of nitrogens with one attached hydrogen (secondary N) is 1. The van der Waals surface area contributed by atoms with Crippen LogP contribution in [0.3, 0.4) is 0 Å². The minimum absolute atomic E-state index is 0.213. The van der Waals surface area contributed by atoms with Crippen molar-refractivity contribution in [3.05, 3.63) is 29.6 Å². The molecule has 1 aromatic rings. The molecule has 2 atom stereocenters. The summed E-state index contributed by atoms with van der Waals surface area (Å²) in [6.45, 7) is 6.20. The van der Waals surface area contributed by atoms with Crippen molar-refractivity contribution in [2.75, 3.05) is 11.1 Å². The second-order valence-electron chi connectivity index (χ2n) is 4.61. The molecule has 0 spiro atoms. The van der Waals surface area contributed by atoms with E-state index in [0.29, 0.717) is 12.0 Å². The number of halogens is 1. The van der Waals surface area contributed by atoms with Crippen molar-refractivity contribution in [2.24, 2.45) is 10.9 Å². The summed E-state index contributed by atoms with van der Waals surface area (Å²) in [6.07, 6.45) is 0. The number of benzene rings is 1. The number of hydrogen-bond acceptors (Lipinski definition) is 3. The van der Waals surface area contributed by atoms with Gasteiger partial charge in [-0.25, -0.2) is 4.39 Å². The molecule has 0 radical (unpaired) electrons. The van der Waals surface area contributed by atoms with Crippen LogP contribution in [-0.2, 0) is 0 Å². The van der Waals surface area contributed by atoms with Crippen molar-refractivity contribution in [1.29, 1.82) is 0 Å². The summed E-state index contributed by atoms with van der Waals surface area (Å²) in [4.78, 5) is 4.56. The fourth-order valence-electron chi connectivity index (χ4n) is 1.70.